The van der Waals surface area contributed by atoms with E-state index in [2.05, 4.69) is 14.7 Å². The van der Waals surface area contributed by atoms with E-state index in [1.807, 2.05) is 6.92 Å². The number of carbonyl (C=O) groups is 1. The highest BCUT2D eigenvalue weighted by Gasteiger charge is 2.38. The van der Waals surface area contributed by atoms with Crippen molar-refractivity contribution in [3.05, 3.63) is 35.9 Å². The molecular weight excluding hydrogens is 347 g/mol. The molecule has 0 amide bonds. The van der Waals surface area contributed by atoms with E-state index >= 15 is 0 Å². The van der Waals surface area contributed by atoms with Crippen LogP contribution in [0.3, 0.4) is 0 Å². The number of alkyl halides is 3. The summed E-state index contributed by atoms with van der Waals surface area (Å²) in [4.78, 5) is 16.2. The number of carbonyl (C=O) groups excluding carboxylic acids is 1. The van der Waals surface area contributed by atoms with Crippen LogP contribution >= 0.6 is 0 Å². The Morgan fingerprint density at radius 3 is 2.65 bits per heavy atom. The number of nitrogens with zero attached hydrogens (tertiary/aromatic N) is 3. The maximum absolute atomic E-state index is 12.7. The summed E-state index contributed by atoms with van der Waals surface area (Å²) >= 11 is 0. The molecule has 0 radical (unpaired) electrons. The van der Waals surface area contributed by atoms with Gasteiger partial charge in [-0.05, 0) is 43.5 Å². The van der Waals surface area contributed by atoms with Crippen LogP contribution in [0.2, 0.25) is 0 Å². The predicted octanol–water partition coefficient (Wildman–Crippen LogP) is 4.85. The Morgan fingerprint density at radius 1 is 1.27 bits per heavy atom. The molecule has 2 aromatic heterocycles. The van der Waals surface area contributed by atoms with Gasteiger partial charge in [0.1, 0.15) is 0 Å². The van der Waals surface area contributed by atoms with Gasteiger partial charge in [0.15, 0.2) is 0 Å². The van der Waals surface area contributed by atoms with E-state index in [0.29, 0.717) is 5.56 Å². The second-order valence-electron chi connectivity index (χ2n) is 6.65. The van der Waals surface area contributed by atoms with E-state index < -0.39 is 12.1 Å². The quantitative estimate of drug-likeness (QED) is 0.653. The number of aryl methyl sites for hydroxylation is 1. The lowest BCUT2D eigenvalue weighted by Crippen LogP contribution is -2.18. The molecule has 0 N–H and O–H groups in total. The lowest BCUT2D eigenvalue weighted by atomic mass is 10.1. The minimum atomic E-state index is -4.68. The molecule has 136 valence electrons. The summed E-state index contributed by atoms with van der Waals surface area (Å²) in [6, 6.07) is 5.01. The van der Waals surface area contributed by atoms with Crippen LogP contribution in [-0.2, 0) is 6.18 Å². The molecule has 0 atom stereocenters. The molecule has 1 aliphatic rings. The van der Waals surface area contributed by atoms with Crippen LogP contribution in [0.5, 0.6) is 0 Å². The molecule has 0 saturated heterocycles. The van der Waals surface area contributed by atoms with Crippen molar-refractivity contribution in [1.29, 1.82) is 0 Å². The smallest absolute Gasteiger partial charge is 0.329 e. The maximum Gasteiger partial charge on any atom is 0.471 e. The van der Waals surface area contributed by atoms with Gasteiger partial charge >= 0.3 is 12.1 Å². The average Bonchev–Trinajstić information content (AvgIpc) is 3.34. The first-order valence-electron chi connectivity index (χ1n) is 8.42. The van der Waals surface area contributed by atoms with Gasteiger partial charge in [-0.3, -0.25) is 9.36 Å². The minimum Gasteiger partial charge on any atom is -0.329 e. The fraction of sp³-hybridized carbons (Fsp3) is 0.389. The van der Waals surface area contributed by atoms with E-state index in [4.69, 9.17) is 0 Å². The molecule has 1 fully saturated rings. The molecule has 1 aromatic carbocycles. The number of hydrogen-bond acceptors (Lipinski definition) is 4. The van der Waals surface area contributed by atoms with Crippen LogP contribution in [0, 0.1) is 12.8 Å². The third-order valence-electron chi connectivity index (χ3n) is 4.87. The van der Waals surface area contributed by atoms with Crippen LogP contribution < -0.4 is 0 Å². The van der Waals surface area contributed by atoms with Gasteiger partial charge in [0.05, 0.1) is 5.52 Å². The Hall–Kier alpha value is -2.64. The average molecular weight is 363 g/mol. The molecule has 0 spiro atoms. The molecule has 2 heterocycles. The highest BCUT2D eigenvalue weighted by atomic mass is 19.4. The Kier molecular flexibility index (Phi) is 3.86. The lowest BCUT2D eigenvalue weighted by molar-refractivity contribution is -0.159. The number of aromatic nitrogens is 3. The molecule has 26 heavy (non-hydrogen) atoms. The van der Waals surface area contributed by atoms with E-state index in [9.17, 15) is 18.0 Å². The monoisotopic (exact) mass is 363 g/mol. The van der Waals surface area contributed by atoms with E-state index in [1.54, 1.807) is 29.0 Å². The maximum atomic E-state index is 12.7. The highest BCUT2D eigenvalue weighted by Crippen LogP contribution is 2.32. The third-order valence-corrected chi connectivity index (χ3v) is 4.87. The van der Waals surface area contributed by atoms with Crippen molar-refractivity contribution in [3.8, 4) is 11.4 Å². The van der Waals surface area contributed by atoms with Gasteiger partial charge < -0.3 is 4.52 Å². The standard InChI is InChI=1S/C18H16F3N3O2/c1-10-9-24(16(25)11-4-2-3-5-11)14-7-6-12(8-13(10)14)15-22-17(26-23-15)18(19,20)21/h6-9,11H,2-5H2,1H3. The molecule has 4 rings (SSSR count). The molecule has 1 aliphatic carbocycles. The first kappa shape index (κ1) is 16.8. The Labute approximate surface area is 146 Å². The topological polar surface area (TPSA) is 60.9 Å². The van der Waals surface area contributed by atoms with Crippen LogP contribution in [0.25, 0.3) is 22.3 Å². The molecule has 3 aromatic rings. The number of rotatable bonds is 2. The summed E-state index contributed by atoms with van der Waals surface area (Å²) in [5.41, 5.74) is 2.02. The SMILES string of the molecule is Cc1cn(C(=O)C2CCCC2)c2ccc(-c3noc(C(F)(F)F)n3)cc12. The van der Waals surface area contributed by atoms with Crippen LogP contribution in [0.4, 0.5) is 13.2 Å². The summed E-state index contributed by atoms with van der Waals surface area (Å²) in [6.45, 7) is 1.86. The van der Waals surface area contributed by atoms with Crippen molar-refractivity contribution in [3.63, 3.8) is 0 Å². The fourth-order valence-electron chi connectivity index (χ4n) is 3.54. The van der Waals surface area contributed by atoms with Gasteiger partial charge in [0.25, 0.3) is 0 Å². The van der Waals surface area contributed by atoms with Crippen LogP contribution in [0.15, 0.2) is 28.9 Å². The Morgan fingerprint density at radius 2 is 2.00 bits per heavy atom. The zero-order valence-electron chi connectivity index (χ0n) is 14.0. The van der Waals surface area contributed by atoms with Crippen molar-refractivity contribution in [2.45, 2.75) is 38.8 Å². The van der Waals surface area contributed by atoms with Crippen molar-refractivity contribution in [1.82, 2.24) is 14.7 Å². The summed E-state index contributed by atoms with van der Waals surface area (Å²) < 4.78 is 43.9. The number of fused-ring (bicyclic) bond motifs is 1. The summed E-state index contributed by atoms with van der Waals surface area (Å²) in [7, 11) is 0. The van der Waals surface area contributed by atoms with Gasteiger partial charge in [-0.15, -0.1) is 0 Å². The van der Waals surface area contributed by atoms with Crippen LogP contribution in [0.1, 0.15) is 41.9 Å². The first-order chi connectivity index (χ1) is 12.3. The molecule has 5 nitrogen and oxygen atoms in total. The minimum absolute atomic E-state index is 0.0382. The van der Waals surface area contributed by atoms with Crippen LogP contribution in [-0.4, -0.2) is 20.6 Å². The zero-order chi connectivity index (χ0) is 18.5. The molecule has 1 saturated carbocycles. The van der Waals surface area contributed by atoms with E-state index in [1.165, 1.54) is 0 Å². The molecule has 8 heteroatoms. The molecule has 0 unspecified atom stereocenters. The largest absolute Gasteiger partial charge is 0.471 e. The normalized spacial score (nSPS) is 15.8. The van der Waals surface area contributed by atoms with E-state index in [0.717, 1.165) is 42.1 Å². The number of benzene rings is 1. The van der Waals surface area contributed by atoms with Crippen molar-refractivity contribution in [2.24, 2.45) is 5.92 Å². The van der Waals surface area contributed by atoms with Crippen molar-refractivity contribution < 1.29 is 22.5 Å². The van der Waals surface area contributed by atoms with Crippen molar-refractivity contribution >= 4 is 16.8 Å². The Balaban J connectivity index is 1.73. The third kappa shape index (κ3) is 2.79. The first-order valence-corrected chi connectivity index (χ1v) is 8.42. The Bertz CT molecular complexity index is 981. The highest BCUT2D eigenvalue weighted by molar-refractivity contribution is 5.96. The van der Waals surface area contributed by atoms with Gasteiger partial charge in [0.2, 0.25) is 11.7 Å². The number of hydrogen-bond donors (Lipinski definition) is 0. The second-order valence-corrected chi connectivity index (χ2v) is 6.65. The van der Waals surface area contributed by atoms with Gasteiger partial charge in [-0.1, -0.05) is 18.0 Å². The summed E-state index contributed by atoms with van der Waals surface area (Å²) in [5.74, 6) is -1.39. The second kappa shape index (κ2) is 5.96. The van der Waals surface area contributed by atoms with Gasteiger partial charge in [-0.2, -0.15) is 18.2 Å². The summed E-state index contributed by atoms with van der Waals surface area (Å²) in [5, 5.41) is 4.20. The predicted molar refractivity (Wildman–Crippen MR) is 87.6 cm³/mol. The van der Waals surface area contributed by atoms with E-state index in [-0.39, 0.29) is 17.6 Å². The van der Waals surface area contributed by atoms with Gasteiger partial charge in [-0.25, -0.2) is 0 Å². The summed E-state index contributed by atoms with van der Waals surface area (Å²) in [6.07, 6.45) is 1.04. The number of halogens is 3. The molecule has 0 bridgehead atoms. The zero-order valence-corrected chi connectivity index (χ0v) is 14.0. The fourth-order valence-corrected chi connectivity index (χ4v) is 3.54. The molecule has 0 aliphatic heterocycles. The van der Waals surface area contributed by atoms with Gasteiger partial charge in [0, 0.05) is 23.1 Å². The lowest BCUT2D eigenvalue weighted by Gasteiger charge is -2.10. The van der Waals surface area contributed by atoms with Crippen molar-refractivity contribution in [2.75, 3.05) is 0 Å². The molecular formula is C18H16F3N3O2.